The maximum Gasteiger partial charge on any atom is 0.0617 e. The van der Waals surface area contributed by atoms with Crippen LogP contribution < -0.4 is 0 Å². The first-order chi connectivity index (χ1) is 4.64. The quantitative estimate of drug-likeness (QED) is 0.555. The molecule has 1 aliphatic carbocycles. The molecule has 0 aromatic carbocycles. The Hall–Kier alpha value is 0.430. The Balaban J connectivity index is 2.21. The molecule has 0 amide bonds. The van der Waals surface area contributed by atoms with Crippen molar-refractivity contribution in [2.75, 3.05) is 25.7 Å². The summed E-state index contributed by atoms with van der Waals surface area (Å²) in [6.07, 6.45) is 7.59. The molecule has 0 saturated heterocycles. The predicted molar refractivity (Wildman–Crippen MR) is 51.5 cm³/mol. The van der Waals surface area contributed by atoms with Crippen LogP contribution in [0.2, 0.25) is 0 Å². The van der Waals surface area contributed by atoms with E-state index in [9.17, 15) is 0 Å². The average Bonchev–Trinajstić information content (AvgIpc) is 1.80. The van der Waals surface area contributed by atoms with Crippen molar-refractivity contribution in [3.63, 3.8) is 0 Å². The van der Waals surface area contributed by atoms with E-state index in [2.05, 4.69) is 20.3 Å². The minimum absolute atomic E-state index is 0.445. The van der Waals surface area contributed by atoms with Crippen LogP contribution in [0.4, 0.5) is 0 Å². The fourth-order valence-electron chi connectivity index (χ4n) is 1.50. The summed E-state index contributed by atoms with van der Waals surface area (Å²) in [5, 5.41) is 0. The molecular weight excluding hydrogens is 139 g/mol. The molecule has 1 aliphatic rings. The molecule has 0 atom stereocenters. The van der Waals surface area contributed by atoms with E-state index in [1.54, 1.807) is 6.16 Å². The highest BCUT2D eigenvalue weighted by atomic mass is 31.2. The molecule has 0 aromatic heterocycles. The summed E-state index contributed by atoms with van der Waals surface area (Å²) in [6.45, 7) is 7.36. The first-order valence-electron chi connectivity index (χ1n) is 4.46. The smallest absolute Gasteiger partial charge is 0.0525 e. The summed E-state index contributed by atoms with van der Waals surface area (Å²) in [5.74, 6) is 1.13. The van der Waals surface area contributed by atoms with Crippen molar-refractivity contribution >= 4 is 7.26 Å². The van der Waals surface area contributed by atoms with Gasteiger partial charge < -0.3 is 0 Å². The second-order valence-electron chi connectivity index (χ2n) is 4.23. The number of hydrogen-bond donors (Lipinski definition) is 0. The Morgan fingerprint density at radius 1 is 1.30 bits per heavy atom. The van der Waals surface area contributed by atoms with Gasteiger partial charge in [0, 0.05) is 20.6 Å². The molecule has 0 heterocycles. The van der Waals surface area contributed by atoms with E-state index in [-0.39, 0.29) is 0 Å². The molecule has 1 fully saturated rings. The highest BCUT2D eigenvalue weighted by Gasteiger charge is 2.30. The summed E-state index contributed by atoms with van der Waals surface area (Å²) in [7, 11) is -0.445. The van der Waals surface area contributed by atoms with E-state index in [1.165, 1.54) is 25.4 Å². The van der Waals surface area contributed by atoms with Gasteiger partial charge in [0.25, 0.3) is 0 Å². The van der Waals surface area contributed by atoms with Gasteiger partial charge in [-0.05, 0) is 25.7 Å². The lowest BCUT2D eigenvalue weighted by atomic mass is 9.87. The van der Waals surface area contributed by atoms with Gasteiger partial charge in [-0.2, -0.15) is 0 Å². The third-order valence-corrected chi connectivity index (χ3v) is 6.05. The van der Waals surface area contributed by atoms with Crippen LogP contribution in [0.1, 0.15) is 26.2 Å². The van der Waals surface area contributed by atoms with Crippen LogP contribution in [-0.2, 0) is 0 Å². The lowest BCUT2D eigenvalue weighted by Crippen LogP contribution is -2.17. The van der Waals surface area contributed by atoms with Gasteiger partial charge >= 0.3 is 0 Å². The van der Waals surface area contributed by atoms with Crippen LogP contribution in [0.25, 0.3) is 0 Å². The van der Waals surface area contributed by atoms with Gasteiger partial charge in [-0.15, -0.1) is 0 Å². The van der Waals surface area contributed by atoms with Crippen molar-refractivity contribution in [2.24, 2.45) is 5.92 Å². The second-order valence-corrected chi connectivity index (χ2v) is 9.10. The largest absolute Gasteiger partial charge is 0.0617 e. The SMILES string of the molecule is CC[P+](C)(C)CC1CCC1. The van der Waals surface area contributed by atoms with Gasteiger partial charge in [-0.3, -0.25) is 0 Å². The molecule has 10 heavy (non-hydrogen) atoms. The van der Waals surface area contributed by atoms with Crippen molar-refractivity contribution in [3.8, 4) is 0 Å². The Morgan fingerprint density at radius 2 is 1.90 bits per heavy atom. The maximum absolute atomic E-state index is 2.51. The van der Waals surface area contributed by atoms with Crippen LogP contribution in [0.15, 0.2) is 0 Å². The van der Waals surface area contributed by atoms with Crippen LogP contribution in [-0.4, -0.2) is 25.7 Å². The molecule has 60 valence electrons. The van der Waals surface area contributed by atoms with Gasteiger partial charge in [0.15, 0.2) is 0 Å². The Kier molecular flexibility index (Phi) is 2.74. The van der Waals surface area contributed by atoms with Crippen LogP contribution >= 0.6 is 7.26 Å². The highest BCUT2D eigenvalue weighted by molar-refractivity contribution is 7.74. The molecule has 0 nitrogen and oxygen atoms in total. The lowest BCUT2D eigenvalue weighted by molar-refractivity contribution is 0.350. The third kappa shape index (κ3) is 2.23. The van der Waals surface area contributed by atoms with E-state index in [0.717, 1.165) is 5.92 Å². The maximum atomic E-state index is 2.51. The summed E-state index contributed by atoms with van der Waals surface area (Å²) < 4.78 is 0. The molecule has 0 bridgehead atoms. The number of hydrogen-bond acceptors (Lipinski definition) is 0. The van der Waals surface area contributed by atoms with Crippen molar-refractivity contribution in [3.05, 3.63) is 0 Å². The Bertz CT molecular complexity index is 103. The minimum Gasteiger partial charge on any atom is -0.0525 e. The van der Waals surface area contributed by atoms with Crippen LogP contribution in [0.3, 0.4) is 0 Å². The van der Waals surface area contributed by atoms with E-state index in [4.69, 9.17) is 0 Å². The van der Waals surface area contributed by atoms with Crippen LogP contribution in [0.5, 0.6) is 0 Å². The number of rotatable bonds is 3. The summed E-state index contributed by atoms with van der Waals surface area (Å²) in [4.78, 5) is 0. The first-order valence-corrected chi connectivity index (χ1v) is 7.51. The van der Waals surface area contributed by atoms with E-state index in [1.807, 2.05) is 0 Å². The minimum atomic E-state index is -0.445. The zero-order chi connectivity index (χ0) is 7.61. The lowest BCUT2D eigenvalue weighted by Gasteiger charge is -2.29. The van der Waals surface area contributed by atoms with E-state index >= 15 is 0 Å². The van der Waals surface area contributed by atoms with Crippen molar-refractivity contribution < 1.29 is 0 Å². The topological polar surface area (TPSA) is 0 Å². The third-order valence-electron chi connectivity index (χ3n) is 2.83. The van der Waals surface area contributed by atoms with E-state index in [0.29, 0.717) is 0 Å². The molecule has 0 unspecified atom stereocenters. The molecule has 1 saturated carbocycles. The fourth-order valence-corrected chi connectivity index (χ4v) is 3.52. The zero-order valence-electron chi connectivity index (χ0n) is 7.56. The molecule has 0 aromatic rings. The molecule has 0 radical (unpaired) electrons. The average molecular weight is 159 g/mol. The van der Waals surface area contributed by atoms with Gasteiger partial charge in [0.05, 0.1) is 12.3 Å². The fraction of sp³-hybridized carbons (Fsp3) is 1.00. The molecule has 1 heteroatoms. The molecule has 0 aliphatic heterocycles. The van der Waals surface area contributed by atoms with Crippen molar-refractivity contribution in [1.29, 1.82) is 0 Å². The first kappa shape index (κ1) is 8.53. The normalized spacial score (nSPS) is 20.7. The molecule has 1 rings (SSSR count). The van der Waals surface area contributed by atoms with Gasteiger partial charge in [0.1, 0.15) is 0 Å². The van der Waals surface area contributed by atoms with Gasteiger partial charge in [0.2, 0.25) is 0 Å². The predicted octanol–water partition coefficient (Wildman–Crippen LogP) is 3.08. The summed E-state index contributed by atoms with van der Waals surface area (Å²) in [6, 6.07) is 0. The monoisotopic (exact) mass is 159 g/mol. The van der Waals surface area contributed by atoms with Gasteiger partial charge in [-0.25, -0.2) is 0 Å². The van der Waals surface area contributed by atoms with E-state index < -0.39 is 7.26 Å². The summed E-state index contributed by atoms with van der Waals surface area (Å²) >= 11 is 0. The Morgan fingerprint density at radius 3 is 2.20 bits per heavy atom. The highest BCUT2D eigenvalue weighted by Crippen LogP contribution is 2.54. The second kappa shape index (κ2) is 3.22. The summed E-state index contributed by atoms with van der Waals surface area (Å²) in [5.41, 5.74) is 0. The Labute approximate surface area is 65.7 Å². The molecule has 0 N–H and O–H groups in total. The van der Waals surface area contributed by atoms with Gasteiger partial charge in [-0.1, -0.05) is 6.42 Å². The molecule has 0 spiro atoms. The van der Waals surface area contributed by atoms with Crippen LogP contribution in [0, 0.1) is 5.92 Å². The van der Waals surface area contributed by atoms with Crippen molar-refractivity contribution in [1.82, 2.24) is 0 Å². The zero-order valence-corrected chi connectivity index (χ0v) is 8.45. The molecular formula is C9H20P+. The van der Waals surface area contributed by atoms with Crippen molar-refractivity contribution in [2.45, 2.75) is 26.2 Å². The standard InChI is InChI=1S/C9H20P/c1-4-10(2,3)8-9-6-5-7-9/h9H,4-8H2,1-3H3/q+1.